The molecule has 0 aromatic rings. The van der Waals surface area contributed by atoms with Crippen LogP contribution in [0.4, 0.5) is 0 Å². The first kappa shape index (κ1) is 40.1. The van der Waals surface area contributed by atoms with Gasteiger partial charge in [-0.25, -0.2) is 0 Å². The van der Waals surface area contributed by atoms with Crippen LogP contribution in [0.3, 0.4) is 0 Å². The fraction of sp³-hybridized carbons (Fsp3) is 1.00. The van der Waals surface area contributed by atoms with Gasteiger partial charge in [-0.05, 0) is 83.1 Å². The molecule has 0 spiro atoms. The smallest absolute Gasteiger partial charge is 0.0431 e. The Morgan fingerprint density at radius 2 is 1.07 bits per heavy atom. The standard InChI is InChI=1S/C18H42N4O2.4BrH/c19-10-7-13-21-11-3-4-12-22-17-18(16-20,8-1-5-14-23)9-2-6-15-24;;;;/h21-24H,1-17,19-20H2;4*1H. The summed E-state index contributed by atoms with van der Waals surface area (Å²) in [4.78, 5) is 0. The van der Waals surface area contributed by atoms with Gasteiger partial charge in [-0.2, -0.15) is 0 Å². The first-order chi connectivity index (χ1) is 11.7. The summed E-state index contributed by atoms with van der Waals surface area (Å²) in [6, 6.07) is 0. The van der Waals surface area contributed by atoms with E-state index in [0.717, 1.165) is 84.1 Å². The Hall–Kier alpha value is 1.68. The molecule has 0 unspecified atom stereocenters. The normalized spacial score (nSPS) is 10.3. The van der Waals surface area contributed by atoms with Crippen molar-refractivity contribution in [3.05, 3.63) is 0 Å². The number of hydrogen-bond donors (Lipinski definition) is 6. The second-order valence-electron chi connectivity index (χ2n) is 6.84. The van der Waals surface area contributed by atoms with Gasteiger partial charge in [-0.3, -0.25) is 0 Å². The lowest BCUT2D eigenvalue weighted by atomic mass is 9.78. The predicted molar refractivity (Wildman–Crippen MR) is 143 cm³/mol. The Balaban J connectivity index is -0.000000441. The largest absolute Gasteiger partial charge is 0.396 e. The van der Waals surface area contributed by atoms with Gasteiger partial charge in [0.05, 0.1) is 0 Å². The van der Waals surface area contributed by atoms with E-state index in [1.54, 1.807) is 0 Å². The third-order valence-electron chi connectivity index (χ3n) is 4.68. The number of hydrogen-bond acceptors (Lipinski definition) is 6. The highest BCUT2D eigenvalue weighted by Gasteiger charge is 2.27. The van der Waals surface area contributed by atoms with E-state index in [0.29, 0.717) is 6.54 Å². The Bertz CT molecular complexity index is 262. The van der Waals surface area contributed by atoms with Gasteiger partial charge in [0.15, 0.2) is 0 Å². The lowest BCUT2D eigenvalue weighted by Gasteiger charge is -2.33. The minimum absolute atomic E-state index is 0. The van der Waals surface area contributed by atoms with Gasteiger partial charge < -0.3 is 32.3 Å². The minimum Gasteiger partial charge on any atom is -0.396 e. The molecule has 0 bridgehead atoms. The fourth-order valence-electron chi connectivity index (χ4n) is 3.01. The molecule has 0 fully saturated rings. The molecule has 0 aromatic heterocycles. The highest BCUT2D eigenvalue weighted by molar-refractivity contribution is 8.93. The molecule has 0 aliphatic carbocycles. The average Bonchev–Trinajstić information content (AvgIpc) is 2.60. The number of nitrogens with two attached hydrogens (primary N) is 2. The molecule has 6 nitrogen and oxygen atoms in total. The van der Waals surface area contributed by atoms with E-state index >= 15 is 0 Å². The monoisotopic (exact) mass is 666 g/mol. The van der Waals surface area contributed by atoms with Crippen molar-refractivity contribution >= 4 is 67.9 Å². The van der Waals surface area contributed by atoms with Crippen molar-refractivity contribution < 1.29 is 10.2 Å². The quantitative estimate of drug-likeness (QED) is 0.118. The van der Waals surface area contributed by atoms with Crippen LogP contribution in [0.15, 0.2) is 0 Å². The van der Waals surface area contributed by atoms with Gasteiger partial charge in [0, 0.05) is 19.8 Å². The first-order valence-corrected chi connectivity index (χ1v) is 9.78. The average molecular weight is 670 g/mol. The lowest BCUT2D eigenvalue weighted by Crippen LogP contribution is -2.41. The SMILES string of the molecule is Br.Br.Br.Br.NCCCNCCCCNCC(CN)(CCCCO)CCCCO. The zero-order valence-corrected chi connectivity index (χ0v) is 24.1. The molecular weight excluding hydrogens is 624 g/mol. The number of nitrogens with one attached hydrogen (secondary N) is 2. The molecule has 0 heterocycles. The van der Waals surface area contributed by atoms with Crippen LogP contribution in [0.25, 0.3) is 0 Å². The van der Waals surface area contributed by atoms with Crippen molar-refractivity contribution in [2.24, 2.45) is 16.9 Å². The molecule has 28 heavy (non-hydrogen) atoms. The van der Waals surface area contributed by atoms with Gasteiger partial charge in [0.2, 0.25) is 0 Å². The molecule has 0 rings (SSSR count). The molecule has 178 valence electrons. The Labute approximate surface area is 214 Å². The molecule has 0 saturated heterocycles. The summed E-state index contributed by atoms with van der Waals surface area (Å²) in [6.45, 7) is 5.93. The summed E-state index contributed by atoms with van der Waals surface area (Å²) in [7, 11) is 0. The van der Waals surface area contributed by atoms with Gasteiger partial charge in [0.25, 0.3) is 0 Å². The van der Waals surface area contributed by atoms with Crippen molar-refractivity contribution in [3.63, 3.8) is 0 Å². The van der Waals surface area contributed by atoms with E-state index in [2.05, 4.69) is 10.6 Å². The summed E-state index contributed by atoms with van der Waals surface area (Å²) in [5.74, 6) is 0. The van der Waals surface area contributed by atoms with Crippen molar-refractivity contribution in [2.45, 2.75) is 57.8 Å². The zero-order chi connectivity index (χ0) is 17.9. The summed E-state index contributed by atoms with van der Waals surface area (Å²) in [5.41, 5.74) is 11.7. The van der Waals surface area contributed by atoms with E-state index in [1.165, 1.54) is 6.42 Å². The molecule has 10 heteroatoms. The highest BCUT2D eigenvalue weighted by Crippen LogP contribution is 2.29. The van der Waals surface area contributed by atoms with Crippen molar-refractivity contribution in [2.75, 3.05) is 52.5 Å². The molecule has 0 aliphatic heterocycles. The molecule has 0 aromatic carbocycles. The Morgan fingerprint density at radius 1 is 0.607 bits per heavy atom. The maximum absolute atomic E-state index is 9.01. The maximum atomic E-state index is 9.01. The predicted octanol–water partition coefficient (Wildman–Crippen LogP) is 2.88. The molecule has 0 atom stereocenters. The van der Waals surface area contributed by atoms with Crippen LogP contribution >= 0.6 is 67.9 Å². The second-order valence-corrected chi connectivity index (χ2v) is 6.84. The van der Waals surface area contributed by atoms with Crippen LogP contribution in [0.1, 0.15) is 57.8 Å². The summed E-state index contributed by atoms with van der Waals surface area (Å²) in [5, 5.41) is 25.0. The van der Waals surface area contributed by atoms with Crippen molar-refractivity contribution in [3.8, 4) is 0 Å². The van der Waals surface area contributed by atoms with Crippen LogP contribution in [-0.2, 0) is 0 Å². The van der Waals surface area contributed by atoms with E-state index < -0.39 is 0 Å². The van der Waals surface area contributed by atoms with E-state index in [1.807, 2.05) is 0 Å². The molecule has 8 N–H and O–H groups in total. The van der Waals surface area contributed by atoms with Crippen molar-refractivity contribution in [1.82, 2.24) is 10.6 Å². The topological polar surface area (TPSA) is 117 Å². The first-order valence-electron chi connectivity index (χ1n) is 9.78. The molecular formula is C18H46Br4N4O2. The van der Waals surface area contributed by atoms with E-state index in [-0.39, 0.29) is 86.6 Å². The minimum atomic E-state index is 0. The number of halogens is 4. The number of aliphatic hydroxyl groups excluding tert-OH is 2. The summed E-state index contributed by atoms with van der Waals surface area (Å²) < 4.78 is 0. The number of unbranched alkanes of at least 4 members (excludes halogenated alkanes) is 3. The highest BCUT2D eigenvalue weighted by atomic mass is 79.9. The third kappa shape index (κ3) is 24.0. The zero-order valence-electron chi connectivity index (χ0n) is 17.2. The molecule has 0 saturated carbocycles. The van der Waals surface area contributed by atoms with Crippen molar-refractivity contribution in [1.29, 1.82) is 0 Å². The fourth-order valence-corrected chi connectivity index (χ4v) is 3.01. The van der Waals surface area contributed by atoms with Crippen LogP contribution < -0.4 is 22.1 Å². The third-order valence-corrected chi connectivity index (χ3v) is 4.68. The Kier molecular flexibility index (Phi) is 44.2. The summed E-state index contributed by atoms with van der Waals surface area (Å²) in [6.07, 6.45) is 9.17. The van der Waals surface area contributed by atoms with Gasteiger partial charge in [-0.1, -0.05) is 12.8 Å². The second kappa shape index (κ2) is 30.9. The van der Waals surface area contributed by atoms with Gasteiger partial charge in [0.1, 0.15) is 0 Å². The van der Waals surface area contributed by atoms with Gasteiger partial charge in [-0.15, -0.1) is 67.9 Å². The Morgan fingerprint density at radius 3 is 1.50 bits per heavy atom. The van der Waals surface area contributed by atoms with E-state index in [9.17, 15) is 0 Å². The van der Waals surface area contributed by atoms with E-state index in [4.69, 9.17) is 21.7 Å². The number of rotatable bonds is 19. The molecule has 0 amide bonds. The van der Waals surface area contributed by atoms with Gasteiger partial charge >= 0.3 is 0 Å². The maximum Gasteiger partial charge on any atom is 0.0431 e. The van der Waals surface area contributed by atoms with Crippen LogP contribution in [0.2, 0.25) is 0 Å². The lowest BCUT2D eigenvalue weighted by molar-refractivity contribution is 0.200. The van der Waals surface area contributed by atoms with Crippen LogP contribution in [0, 0.1) is 5.41 Å². The van der Waals surface area contributed by atoms with Crippen LogP contribution in [-0.4, -0.2) is 62.7 Å². The molecule has 0 aliphatic rings. The molecule has 0 radical (unpaired) electrons. The summed E-state index contributed by atoms with van der Waals surface area (Å²) >= 11 is 0. The van der Waals surface area contributed by atoms with Crippen LogP contribution in [0.5, 0.6) is 0 Å². The number of aliphatic hydroxyl groups is 2.